The maximum Gasteiger partial charge on any atom is 0.272 e. The summed E-state index contributed by atoms with van der Waals surface area (Å²) >= 11 is 11.8. The Morgan fingerprint density at radius 1 is 1.07 bits per heavy atom. The molecular formula is C21H15Cl2FN2O2. The molecule has 0 heterocycles. The van der Waals surface area contributed by atoms with Crippen molar-refractivity contribution in [2.24, 2.45) is 5.10 Å². The first-order valence-electron chi connectivity index (χ1n) is 8.27. The predicted molar refractivity (Wildman–Crippen MR) is 109 cm³/mol. The Labute approximate surface area is 171 Å². The van der Waals surface area contributed by atoms with Crippen molar-refractivity contribution in [3.8, 4) is 5.75 Å². The molecule has 142 valence electrons. The van der Waals surface area contributed by atoms with Gasteiger partial charge in [0.25, 0.3) is 5.91 Å². The van der Waals surface area contributed by atoms with Gasteiger partial charge in [0.15, 0.2) is 0 Å². The normalized spacial score (nSPS) is 10.8. The van der Waals surface area contributed by atoms with Gasteiger partial charge in [-0.15, -0.1) is 0 Å². The van der Waals surface area contributed by atoms with Crippen LogP contribution in [0.2, 0.25) is 10.0 Å². The van der Waals surface area contributed by atoms with Gasteiger partial charge in [0.05, 0.1) is 16.8 Å². The molecule has 3 aromatic rings. The standard InChI is InChI=1S/C21H15Cl2FN2O2/c22-16-6-9-19(20(23)11-16)21(27)26-25-12-15-2-1-3-18(10-15)28-13-14-4-7-17(24)8-5-14/h1-12H,13H2,(H,26,27)/b25-12+. The Balaban J connectivity index is 1.59. The number of rotatable bonds is 6. The number of hydrazone groups is 1. The van der Waals surface area contributed by atoms with E-state index in [1.54, 1.807) is 36.4 Å². The third-order valence-corrected chi connectivity index (χ3v) is 4.28. The van der Waals surface area contributed by atoms with Gasteiger partial charge < -0.3 is 4.74 Å². The second kappa shape index (κ2) is 9.35. The van der Waals surface area contributed by atoms with Crippen molar-refractivity contribution in [1.82, 2.24) is 5.43 Å². The van der Waals surface area contributed by atoms with Gasteiger partial charge in [0, 0.05) is 5.02 Å². The zero-order chi connectivity index (χ0) is 19.9. The average molecular weight is 417 g/mol. The highest BCUT2D eigenvalue weighted by molar-refractivity contribution is 6.36. The Kier molecular flexibility index (Phi) is 6.63. The summed E-state index contributed by atoms with van der Waals surface area (Å²) in [5, 5.41) is 4.63. The van der Waals surface area contributed by atoms with E-state index in [0.717, 1.165) is 11.1 Å². The van der Waals surface area contributed by atoms with E-state index < -0.39 is 5.91 Å². The third-order valence-electron chi connectivity index (χ3n) is 3.73. The van der Waals surface area contributed by atoms with Crippen molar-refractivity contribution in [3.63, 3.8) is 0 Å². The molecule has 0 radical (unpaired) electrons. The van der Waals surface area contributed by atoms with Gasteiger partial charge in [0.2, 0.25) is 0 Å². The lowest BCUT2D eigenvalue weighted by molar-refractivity contribution is 0.0955. The quantitative estimate of drug-likeness (QED) is 0.427. The molecule has 0 atom stereocenters. The molecule has 0 saturated carbocycles. The fourth-order valence-electron chi connectivity index (χ4n) is 2.33. The first-order valence-corrected chi connectivity index (χ1v) is 9.02. The van der Waals surface area contributed by atoms with Crippen LogP contribution in [0.5, 0.6) is 5.75 Å². The minimum Gasteiger partial charge on any atom is -0.489 e. The van der Waals surface area contributed by atoms with Gasteiger partial charge in [-0.1, -0.05) is 47.5 Å². The average Bonchev–Trinajstić information content (AvgIpc) is 2.68. The summed E-state index contributed by atoms with van der Waals surface area (Å²) in [4.78, 5) is 12.1. The zero-order valence-corrected chi connectivity index (χ0v) is 16.0. The summed E-state index contributed by atoms with van der Waals surface area (Å²) < 4.78 is 18.6. The summed E-state index contributed by atoms with van der Waals surface area (Å²) in [7, 11) is 0. The van der Waals surface area contributed by atoms with Crippen LogP contribution in [0.15, 0.2) is 71.8 Å². The van der Waals surface area contributed by atoms with Crippen LogP contribution in [0, 0.1) is 5.82 Å². The third kappa shape index (κ3) is 5.55. The van der Waals surface area contributed by atoms with Gasteiger partial charge >= 0.3 is 0 Å². The molecule has 0 aliphatic rings. The lowest BCUT2D eigenvalue weighted by Gasteiger charge is -2.07. The predicted octanol–water partition coefficient (Wildman–Crippen LogP) is 5.48. The smallest absolute Gasteiger partial charge is 0.272 e. The molecule has 0 spiro atoms. The second-order valence-electron chi connectivity index (χ2n) is 5.81. The van der Waals surface area contributed by atoms with Crippen LogP contribution in [0.4, 0.5) is 4.39 Å². The van der Waals surface area contributed by atoms with Crippen LogP contribution >= 0.6 is 23.2 Å². The molecule has 0 fully saturated rings. The van der Waals surface area contributed by atoms with Crippen LogP contribution in [0.25, 0.3) is 0 Å². The summed E-state index contributed by atoms with van der Waals surface area (Å²) in [5.41, 5.74) is 4.28. The van der Waals surface area contributed by atoms with Crippen molar-refractivity contribution in [3.05, 3.63) is 99.3 Å². The summed E-state index contributed by atoms with van der Waals surface area (Å²) in [6.07, 6.45) is 1.49. The number of hydrogen-bond donors (Lipinski definition) is 1. The lowest BCUT2D eigenvalue weighted by Crippen LogP contribution is -2.18. The number of carbonyl (C=O) groups is 1. The van der Waals surface area contributed by atoms with Crippen LogP contribution in [0.3, 0.4) is 0 Å². The number of ether oxygens (including phenoxy) is 1. The summed E-state index contributed by atoms with van der Waals surface area (Å²) in [6.45, 7) is 0.312. The number of nitrogens with zero attached hydrogens (tertiary/aromatic N) is 1. The van der Waals surface area contributed by atoms with Crippen molar-refractivity contribution < 1.29 is 13.9 Å². The SMILES string of the molecule is O=C(N/N=C/c1cccc(OCc2ccc(F)cc2)c1)c1ccc(Cl)cc1Cl. The van der Waals surface area contributed by atoms with E-state index in [1.165, 1.54) is 30.5 Å². The van der Waals surface area contributed by atoms with E-state index in [2.05, 4.69) is 10.5 Å². The first kappa shape index (κ1) is 19.9. The number of amides is 1. The molecular weight excluding hydrogens is 402 g/mol. The van der Waals surface area contributed by atoms with Crippen molar-refractivity contribution in [1.29, 1.82) is 0 Å². The van der Waals surface area contributed by atoms with E-state index in [-0.39, 0.29) is 16.4 Å². The van der Waals surface area contributed by atoms with Gasteiger partial charge in [-0.05, 0) is 53.6 Å². The van der Waals surface area contributed by atoms with E-state index in [4.69, 9.17) is 27.9 Å². The van der Waals surface area contributed by atoms with Crippen LogP contribution in [-0.4, -0.2) is 12.1 Å². The van der Waals surface area contributed by atoms with Gasteiger partial charge in [0.1, 0.15) is 18.2 Å². The number of hydrogen-bond acceptors (Lipinski definition) is 3. The molecule has 7 heteroatoms. The highest BCUT2D eigenvalue weighted by Crippen LogP contribution is 2.20. The van der Waals surface area contributed by atoms with Crippen molar-refractivity contribution >= 4 is 35.3 Å². The Morgan fingerprint density at radius 2 is 1.86 bits per heavy atom. The van der Waals surface area contributed by atoms with Gasteiger partial charge in [-0.2, -0.15) is 5.10 Å². The summed E-state index contributed by atoms with van der Waals surface area (Å²) in [6, 6.07) is 17.9. The Hall–Kier alpha value is -2.89. The molecule has 4 nitrogen and oxygen atoms in total. The largest absolute Gasteiger partial charge is 0.489 e. The summed E-state index contributed by atoms with van der Waals surface area (Å²) in [5.74, 6) is -0.106. The number of nitrogens with one attached hydrogen (secondary N) is 1. The van der Waals surface area contributed by atoms with Crippen molar-refractivity contribution in [2.45, 2.75) is 6.61 Å². The van der Waals surface area contributed by atoms with Crippen molar-refractivity contribution in [2.75, 3.05) is 0 Å². The highest BCUT2D eigenvalue weighted by atomic mass is 35.5. The molecule has 0 aromatic heterocycles. The van der Waals surface area contributed by atoms with Crippen LogP contribution < -0.4 is 10.2 Å². The monoisotopic (exact) mass is 416 g/mol. The van der Waals surface area contributed by atoms with Gasteiger partial charge in [-0.25, -0.2) is 9.82 Å². The van der Waals surface area contributed by atoms with E-state index in [1.807, 2.05) is 6.07 Å². The number of carbonyl (C=O) groups excluding carboxylic acids is 1. The highest BCUT2D eigenvalue weighted by Gasteiger charge is 2.09. The molecule has 28 heavy (non-hydrogen) atoms. The van der Waals surface area contributed by atoms with E-state index in [0.29, 0.717) is 17.4 Å². The molecule has 1 N–H and O–H groups in total. The Morgan fingerprint density at radius 3 is 2.61 bits per heavy atom. The maximum atomic E-state index is 12.9. The molecule has 1 amide bonds. The molecule has 0 unspecified atom stereocenters. The molecule has 0 aliphatic carbocycles. The Bertz CT molecular complexity index is 1010. The fourth-order valence-corrected chi connectivity index (χ4v) is 2.83. The van der Waals surface area contributed by atoms with E-state index >= 15 is 0 Å². The lowest BCUT2D eigenvalue weighted by atomic mass is 10.2. The topological polar surface area (TPSA) is 50.7 Å². The molecule has 0 aliphatic heterocycles. The minimum atomic E-state index is -0.443. The van der Waals surface area contributed by atoms with E-state index in [9.17, 15) is 9.18 Å². The van der Waals surface area contributed by atoms with Gasteiger partial charge in [-0.3, -0.25) is 4.79 Å². The zero-order valence-electron chi connectivity index (χ0n) is 14.5. The fraction of sp³-hybridized carbons (Fsp3) is 0.0476. The second-order valence-corrected chi connectivity index (χ2v) is 6.65. The molecule has 3 aromatic carbocycles. The minimum absolute atomic E-state index is 0.247. The molecule has 3 rings (SSSR count). The van der Waals surface area contributed by atoms with Crippen LogP contribution in [-0.2, 0) is 6.61 Å². The first-order chi connectivity index (χ1) is 13.5. The number of halogens is 3. The molecule has 0 saturated heterocycles. The number of benzene rings is 3. The molecule has 0 bridgehead atoms. The maximum absolute atomic E-state index is 12.9. The van der Waals surface area contributed by atoms with Crippen LogP contribution in [0.1, 0.15) is 21.5 Å².